The minimum absolute atomic E-state index is 0.296. The second-order valence-electron chi connectivity index (χ2n) is 8.27. The van der Waals surface area contributed by atoms with Crippen LogP contribution in [0, 0.1) is 5.82 Å². The first-order valence-electron chi connectivity index (χ1n) is 11.6. The SMILES string of the molecule is CCCNc1cc(Nc2cccc(F)c2)ncc1C(=O)Nc1cccc(NC(=O)C(C)N(C)C(=O)O)c1. The summed E-state index contributed by atoms with van der Waals surface area (Å²) in [5.74, 6) is -0.881. The quantitative estimate of drug-likeness (QED) is 0.261. The topological polar surface area (TPSA) is 136 Å². The third-order valence-corrected chi connectivity index (χ3v) is 5.46. The van der Waals surface area contributed by atoms with E-state index in [2.05, 4.69) is 26.3 Å². The number of nitrogens with one attached hydrogen (secondary N) is 4. The molecule has 1 unspecified atom stereocenters. The molecule has 1 atom stereocenters. The van der Waals surface area contributed by atoms with Gasteiger partial charge in [0.2, 0.25) is 5.91 Å². The van der Waals surface area contributed by atoms with E-state index < -0.39 is 23.9 Å². The van der Waals surface area contributed by atoms with Gasteiger partial charge in [-0.25, -0.2) is 14.2 Å². The van der Waals surface area contributed by atoms with Crippen LogP contribution in [0.5, 0.6) is 0 Å². The first kappa shape index (κ1) is 26.9. The van der Waals surface area contributed by atoms with Crippen molar-refractivity contribution in [1.29, 1.82) is 0 Å². The Bertz CT molecular complexity index is 1290. The number of benzene rings is 2. The van der Waals surface area contributed by atoms with E-state index in [1.54, 1.807) is 42.5 Å². The molecule has 0 fully saturated rings. The highest BCUT2D eigenvalue weighted by atomic mass is 19.1. The molecule has 194 valence electrons. The van der Waals surface area contributed by atoms with E-state index in [1.807, 2.05) is 6.92 Å². The van der Waals surface area contributed by atoms with Crippen LogP contribution in [0.4, 0.5) is 37.8 Å². The van der Waals surface area contributed by atoms with Crippen molar-refractivity contribution in [1.82, 2.24) is 9.88 Å². The number of carbonyl (C=O) groups is 3. The fourth-order valence-electron chi connectivity index (χ4n) is 3.29. The van der Waals surface area contributed by atoms with E-state index in [4.69, 9.17) is 5.11 Å². The van der Waals surface area contributed by atoms with Gasteiger partial charge in [0.15, 0.2) is 0 Å². The van der Waals surface area contributed by atoms with Gasteiger partial charge in [-0.3, -0.25) is 14.5 Å². The highest BCUT2D eigenvalue weighted by molar-refractivity contribution is 6.08. The Kier molecular flexibility index (Phi) is 8.98. The van der Waals surface area contributed by atoms with Gasteiger partial charge in [0.1, 0.15) is 17.7 Å². The van der Waals surface area contributed by atoms with Crippen LogP contribution in [0.2, 0.25) is 0 Å². The van der Waals surface area contributed by atoms with Crippen LogP contribution in [0.25, 0.3) is 0 Å². The summed E-state index contributed by atoms with van der Waals surface area (Å²) in [7, 11) is 1.31. The molecule has 0 spiro atoms. The Morgan fingerprint density at radius 1 is 1.03 bits per heavy atom. The number of carbonyl (C=O) groups excluding carboxylic acids is 2. The standard InChI is InChI=1S/C26H29FN6O4/c1-4-11-28-22-14-23(30-18-8-5-7-17(27)12-18)29-15-21(22)25(35)32-20-10-6-9-19(13-20)31-24(34)16(2)33(3)26(36)37/h5-10,12-16H,4,11H2,1-3H3,(H,31,34)(H,32,35)(H,36,37)(H2,28,29,30). The molecular weight excluding hydrogens is 479 g/mol. The van der Waals surface area contributed by atoms with Gasteiger partial charge in [-0.05, 0) is 49.7 Å². The molecule has 10 nitrogen and oxygen atoms in total. The second-order valence-corrected chi connectivity index (χ2v) is 8.27. The summed E-state index contributed by atoms with van der Waals surface area (Å²) in [6.45, 7) is 4.09. The maximum Gasteiger partial charge on any atom is 0.407 e. The van der Waals surface area contributed by atoms with Crippen molar-refractivity contribution in [3.63, 3.8) is 0 Å². The Balaban J connectivity index is 1.75. The summed E-state index contributed by atoms with van der Waals surface area (Å²) >= 11 is 0. The molecule has 1 aromatic heterocycles. The van der Waals surface area contributed by atoms with Gasteiger partial charge in [0, 0.05) is 42.9 Å². The zero-order chi connectivity index (χ0) is 26.9. The van der Waals surface area contributed by atoms with Crippen molar-refractivity contribution in [2.75, 3.05) is 34.9 Å². The van der Waals surface area contributed by atoms with Gasteiger partial charge in [-0.2, -0.15) is 0 Å². The Morgan fingerprint density at radius 2 is 1.70 bits per heavy atom. The molecule has 0 saturated carbocycles. The van der Waals surface area contributed by atoms with Crippen LogP contribution in [0.3, 0.4) is 0 Å². The molecule has 2 aromatic carbocycles. The van der Waals surface area contributed by atoms with E-state index in [0.717, 1.165) is 11.3 Å². The number of likely N-dealkylation sites (N-methyl/N-ethyl adjacent to an activating group) is 1. The molecule has 3 rings (SSSR count). The fraction of sp³-hybridized carbons (Fsp3) is 0.231. The smallest absolute Gasteiger partial charge is 0.407 e. The summed E-state index contributed by atoms with van der Waals surface area (Å²) in [4.78, 5) is 41.8. The number of amides is 3. The Hall–Kier alpha value is -4.67. The lowest BCUT2D eigenvalue weighted by molar-refractivity contribution is -0.119. The maximum absolute atomic E-state index is 13.5. The average molecular weight is 509 g/mol. The zero-order valence-electron chi connectivity index (χ0n) is 20.7. The van der Waals surface area contributed by atoms with Crippen molar-refractivity contribution in [3.8, 4) is 0 Å². The van der Waals surface area contributed by atoms with Gasteiger partial charge in [-0.15, -0.1) is 0 Å². The molecule has 0 bridgehead atoms. The van der Waals surface area contributed by atoms with Crippen molar-refractivity contribution in [2.45, 2.75) is 26.3 Å². The van der Waals surface area contributed by atoms with E-state index in [-0.39, 0.29) is 5.82 Å². The summed E-state index contributed by atoms with van der Waals surface area (Å²) < 4.78 is 13.5. The lowest BCUT2D eigenvalue weighted by Crippen LogP contribution is -2.42. The van der Waals surface area contributed by atoms with Gasteiger partial charge in [0.25, 0.3) is 5.91 Å². The molecule has 3 aromatic rings. The molecule has 3 amide bonds. The minimum Gasteiger partial charge on any atom is -0.465 e. The van der Waals surface area contributed by atoms with Crippen molar-refractivity contribution in [3.05, 3.63) is 72.2 Å². The monoisotopic (exact) mass is 508 g/mol. The van der Waals surface area contributed by atoms with Crippen LogP contribution < -0.4 is 21.3 Å². The lowest BCUT2D eigenvalue weighted by Gasteiger charge is -2.21. The number of nitrogens with zero attached hydrogens (tertiary/aromatic N) is 2. The van der Waals surface area contributed by atoms with Gasteiger partial charge in [-0.1, -0.05) is 19.1 Å². The molecule has 37 heavy (non-hydrogen) atoms. The molecule has 1 heterocycles. The van der Waals surface area contributed by atoms with Gasteiger partial charge in [0.05, 0.1) is 11.3 Å². The van der Waals surface area contributed by atoms with E-state index in [1.165, 1.54) is 32.3 Å². The summed E-state index contributed by atoms with van der Waals surface area (Å²) in [6.07, 6.45) is 1.03. The first-order chi connectivity index (χ1) is 17.7. The van der Waals surface area contributed by atoms with Crippen LogP contribution >= 0.6 is 0 Å². The number of pyridine rings is 1. The highest BCUT2D eigenvalue weighted by Gasteiger charge is 2.22. The predicted molar refractivity (Wildman–Crippen MR) is 141 cm³/mol. The molecule has 0 aliphatic carbocycles. The van der Waals surface area contributed by atoms with Gasteiger partial charge < -0.3 is 26.4 Å². The third kappa shape index (κ3) is 7.40. The Morgan fingerprint density at radius 3 is 2.38 bits per heavy atom. The molecular formula is C26H29FN6O4. The van der Waals surface area contributed by atoms with Crippen LogP contribution in [-0.2, 0) is 4.79 Å². The number of rotatable bonds is 10. The largest absolute Gasteiger partial charge is 0.465 e. The molecule has 0 aliphatic rings. The number of hydrogen-bond acceptors (Lipinski definition) is 6. The number of hydrogen-bond donors (Lipinski definition) is 5. The number of aromatic nitrogens is 1. The molecule has 0 saturated heterocycles. The fourth-order valence-corrected chi connectivity index (χ4v) is 3.29. The van der Waals surface area contributed by atoms with E-state index in [9.17, 15) is 18.8 Å². The van der Waals surface area contributed by atoms with Crippen LogP contribution in [0.15, 0.2) is 60.8 Å². The molecule has 0 aliphatic heterocycles. The molecule has 5 N–H and O–H groups in total. The third-order valence-electron chi connectivity index (χ3n) is 5.46. The Labute approximate surface area is 213 Å². The summed E-state index contributed by atoms with van der Waals surface area (Å²) in [5, 5.41) is 20.7. The van der Waals surface area contributed by atoms with Crippen molar-refractivity contribution >= 4 is 46.5 Å². The lowest BCUT2D eigenvalue weighted by atomic mass is 10.2. The minimum atomic E-state index is -1.22. The average Bonchev–Trinajstić information content (AvgIpc) is 2.86. The predicted octanol–water partition coefficient (Wildman–Crippen LogP) is 4.98. The summed E-state index contributed by atoms with van der Waals surface area (Å²) in [5.41, 5.74) is 2.18. The van der Waals surface area contributed by atoms with Crippen LogP contribution in [0.1, 0.15) is 30.6 Å². The van der Waals surface area contributed by atoms with Crippen LogP contribution in [-0.4, -0.2) is 52.5 Å². The number of carboxylic acid groups (broad SMARTS) is 1. The van der Waals surface area contributed by atoms with Crippen molar-refractivity contribution in [2.24, 2.45) is 0 Å². The van der Waals surface area contributed by atoms with E-state index >= 15 is 0 Å². The molecule has 0 radical (unpaired) electrons. The van der Waals surface area contributed by atoms with Crippen molar-refractivity contribution < 1.29 is 23.9 Å². The maximum atomic E-state index is 13.5. The van der Waals surface area contributed by atoms with Gasteiger partial charge >= 0.3 is 6.09 Å². The molecule has 11 heteroatoms. The zero-order valence-corrected chi connectivity index (χ0v) is 20.7. The second kappa shape index (κ2) is 12.3. The normalized spacial score (nSPS) is 11.2. The summed E-state index contributed by atoms with van der Waals surface area (Å²) in [6, 6.07) is 13.2. The number of anilines is 5. The highest BCUT2D eigenvalue weighted by Crippen LogP contribution is 2.24. The number of halogens is 1. The first-order valence-corrected chi connectivity index (χ1v) is 11.6. The van der Waals surface area contributed by atoms with E-state index in [0.29, 0.717) is 40.7 Å².